The zero-order valence-electron chi connectivity index (χ0n) is 8.89. The van der Waals surface area contributed by atoms with Gasteiger partial charge in [-0.25, -0.2) is 9.18 Å². The molecule has 94 valence electrons. The van der Waals surface area contributed by atoms with Crippen LogP contribution in [0.1, 0.15) is 16.2 Å². The Morgan fingerprint density at radius 2 is 2.28 bits per heavy atom. The molecular weight excluding hydrogens is 265 g/mol. The summed E-state index contributed by atoms with van der Waals surface area (Å²) >= 11 is 5.51. The molecule has 1 aromatic carbocycles. The fraction of sp³-hybridized carbons (Fsp3) is 0.0909. The highest BCUT2D eigenvalue weighted by atomic mass is 35.5. The molecule has 0 bridgehead atoms. The van der Waals surface area contributed by atoms with Crippen LogP contribution < -0.4 is 4.74 Å². The number of benzene rings is 1. The molecule has 1 aromatic heterocycles. The van der Waals surface area contributed by atoms with E-state index >= 15 is 0 Å². The van der Waals surface area contributed by atoms with E-state index in [2.05, 4.69) is 5.16 Å². The third-order valence-electron chi connectivity index (χ3n) is 2.05. The second-order valence-corrected chi connectivity index (χ2v) is 3.76. The summed E-state index contributed by atoms with van der Waals surface area (Å²) in [6.45, 7) is -0.0542. The van der Waals surface area contributed by atoms with Gasteiger partial charge in [0.05, 0.1) is 5.02 Å². The number of carboxylic acid groups (broad SMARTS) is 1. The van der Waals surface area contributed by atoms with Crippen LogP contribution in [0.15, 0.2) is 28.8 Å². The fourth-order valence-electron chi connectivity index (χ4n) is 1.20. The second-order valence-electron chi connectivity index (χ2n) is 3.35. The molecule has 0 fully saturated rings. The number of aromatic nitrogens is 1. The van der Waals surface area contributed by atoms with E-state index in [-0.39, 0.29) is 28.8 Å². The van der Waals surface area contributed by atoms with Gasteiger partial charge in [-0.1, -0.05) is 16.8 Å². The Labute approximate surface area is 106 Å². The third kappa shape index (κ3) is 2.78. The minimum absolute atomic E-state index is 0.00446. The Kier molecular flexibility index (Phi) is 3.47. The van der Waals surface area contributed by atoms with Crippen molar-refractivity contribution in [3.8, 4) is 5.75 Å². The molecule has 0 radical (unpaired) electrons. The lowest BCUT2D eigenvalue weighted by molar-refractivity contribution is 0.0685. The average molecular weight is 272 g/mol. The van der Waals surface area contributed by atoms with E-state index in [1.165, 1.54) is 18.2 Å². The van der Waals surface area contributed by atoms with Crippen molar-refractivity contribution in [1.29, 1.82) is 0 Å². The van der Waals surface area contributed by atoms with Crippen LogP contribution in [0.2, 0.25) is 5.02 Å². The van der Waals surface area contributed by atoms with Crippen molar-refractivity contribution in [3.63, 3.8) is 0 Å². The van der Waals surface area contributed by atoms with Crippen molar-refractivity contribution in [2.45, 2.75) is 6.61 Å². The Bertz CT molecular complexity index is 584. The molecule has 5 nitrogen and oxygen atoms in total. The molecule has 18 heavy (non-hydrogen) atoms. The number of nitrogens with zero attached hydrogens (tertiary/aromatic N) is 1. The van der Waals surface area contributed by atoms with Crippen LogP contribution in [0.5, 0.6) is 5.75 Å². The lowest BCUT2D eigenvalue weighted by Gasteiger charge is -2.03. The molecule has 0 amide bonds. The smallest absolute Gasteiger partial charge is 0.358 e. The van der Waals surface area contributed by atoms with E-state index in [0.29, 0.717) is 0 Å². The Morgan fingerprint density at radius 3 is 2.89 bits per heavy atom. The average Bonchev–Trinajstić information content (AvgIpc) is 2.79. The number of ether oxygens (including phenoxy) is 1. The number of hydrogen-bond donors (Lipinski definition) is 1. The van der Waals surface area contributed by atoms with Crippen LogP contribution in [0.4, 0.5) is 4.39 Å². The van der Waals surface area contributed by atoms with E-state index in [1.807, 2.05) is 0 Å². The van der Waals surface area contributed by atoms with E-state index in [4.69, 9.17) is 26.0 Å². The summed E-state index contributed by atoms with van der Waals surface area (Å²) in [5.74, 6) is -1.31. The number of hydrogen-bond acceptors (Lipinski definition) is 4. The van der Waals surface area contributed by atoms with Gasteiger partial charge in [0, 0.05) is 12.1 Å². The monoisotopic (exact) mass is 271 g/mol. The predicted octanol–water partition coefficient (Wildman–Crippen LogP) is 2.74. The number of aromatic carboxylic acids is 1. The summed E-state index contributed by atoms with van der Waals surface area (Å²) in [6, 6.07) is 5.20. The van der Waals surface area contributed by atoms with E-state index in [9.17, 15) is 9.18 Å². The summed E-state index contributed by atoms with van der Waals surface area (Å²) in [5, 5.41) is 11.9. The molecule has 2 rings (SSSR count). The highest BCUT2D eigenvalue weighted by Gasteiger charge is 2.11. The van der Waals surface area contributed by atoms with Crippen LogP contribution in [0, 0.1) is 5.82 Å². The first-order chi connectivity index (χ1) is 8.56. The molecule has 0 saturated heterocycles. The molecule has 0 aliphatic carbocycles. The van der Waals surface area contributed by atoms with Crippen molar-refractivity contribution < 1.29 is 23.6 Å². The summed E-state index contributed by atoms with van der Waals surface area (Å²) in [7, 11) is 0. The maximum Gasteiger partial charge on any atom is 0.358 e. The van der Waals surface area contributed by atoms with Crippen molar-refractivity contribution >= 4 is 17.6 Å². The second kappa shape index (κ2) is 5.05. The maximum absolute atomic E-state index is 13.1. The first kappa shape index (κ1) is 12.4. The summed E-state index contributed by atoms with van der Waals surface area (Å²) in [5.41, 5.74) is -0.212. The maximum atomic E-state index is 13.1. The molecular formula is C11H7ClFNO4. The molecule has 0 aliphatic rings. The van der Waals surface area contributed by atoms with Crippen molar-refractivity contribution in [2.75, 3.05) is 0 Å². The molecule has 7 heteroatoms. The van der Waals surface area contributed by atoms with Crippen LogP contribution in [0.25, 0.3) is 0 Å². The number of carbonyl (C=O) groups is 1. The normalized spacial score (nSPS) is 10.3. The third-order valence-corrected chi connectivity index (χ3v) is 2.36. The quantitative estimate of drug-likeness (QED) is 0.925. The van der Waals surface area contributed by atoms with Crippen LogP contribution in [-0.4, -0.2) is 16.2 Å². The molecule has 0 atom stereocenters. The van der Waals surface area contributed by atoms with E-state index in [0.717, 1.165) is 6.07 Å². The Hall–Kier alpha value is -2.08. The van der Waals surface area contributed by atoms with Crippen molar-refractivity contribution in [3.05, 3.63) is 46.6 Å². The number of carboxylic acids is 1. The van der Waals surface area contributed by atoms with Gasteiger partial charge in [-0.3, -0.25) is 0 Å². The number of rotatable bonds is 4. The van der Waals surface area contributed by atoms with Crippen molar-refractivity contribution in [2.24, 2.45) is 0 Å². The standard InChI is InChI=1S/C11H7ClFNO4/c12-8-2-1-6(3-9(8)13)17-5-7-4-10(11(15)16)14-18-7/h1-4H,5H2,(H,15,16). The largest absolute Gasteiger partial charge is 0.485 e. The van der Waals surface area contributed by atoms with Gasteiger partial charge in [0.1, 0.15) is 18.2 Å². The van der Waals surface area contributed by atoms with Gasteiger partial charge in [0.25, 0.3) is 0 Å². The van der Waals surface area contributed by atoms with Crippen LogP contribution in [0.3, 0.4) is 0 Å². The fourth-order valence-corrected chi connectivity index (χ4v) is 1.32. The van der Waals surface area contributed by atoms with E-state index < -0.39 is 11.8 Å². The first-order valence-electron chi connectivity index (χ1n) is 4.83. The van der Waals surface area contributed by atoms with Gasteiger partial charge in [0.15, 0.2) is 11.5 Å². The molecule has 2 aromatic rings. The summed E-state index contributed by atoms with van der Waals surface area (Å²) < 4.78 is 23.0. The highest BCUT2D eigenvalue weighted by Crippen LogP contribution is 2.21. The molecule has 0 spiro atoms. The van der Waals surface area contributed by atoms with Crippen LogP contribution >= 0.6 is 11.6 Å². The molecule has 0 aliphatic heterocycles. The molecule has 1 N–H and O–H groups in total. The van der Waals surface area contributed by atoms with Crippen LogP contribution in [-0.2, 0) is 6.61 Å². The minimum Gasteiger partial charge on any atom is -0.485 e. The molecule has 0 saturated carbocycles. The van der Waals surface area contributed by atoms with Crippen molar-refractivity contribution in [1.82, 2.24) is 5.16 Å². The zero-order chi connectivity index (χ0) is 13.1. The Balaban J connectivity index is 2.02. The molecule has 1 heterocycles. The topological polar surface area (TPSA) is 72.6 Å². The SMILES string of the molecule is O=C(O)c1cc(COc2ccc(Cl)c(F)c2)on1. The molecule has 0 unspecified atom stereocenters. The first-order valence-corrected chi connectivity index (χ1v) is 5.21. The number of halogens is 2. The predicted molar refractivity (Wildman–Crippen MR) is 59.2 cm³/mol. The van der Waals surface area contributed by atoms with E-state index in [1.54, 1.807) is 0 Å². The minimum atomic E-state index is -1.19. The summed E-state index contributed by atoms with van der Waals surface area (Å²) in [4.78, 5) is 10.5. The zero-order valence-corrected chi connectivity index (χ0v) is 9.65. The van der Waals surface area contributed by atoms with Gasteiger partial charge in [-0.15, -0.1) is 0 Å². The van der Waals surface area contributed by atoms with Gasteiger partial charge >= 0.3 is 5.97 Å². The van der Waals surface area contributed by atoms with Gasteiger partial charge in [-0.05, 0) is 12.1 Å². The highest BCUT2D eigenvalue weighted by molar-refractivity contribution is 6.30. The van der Waals surface area contributed by atoms with Gasteiger partial charge in [-0.2, -0.15) is 0 Å². The Morgan fingerprint density at radius 1 is 1.50 bits per heavy atom. The summed E-state index contributed by atoms with van der Waals surface area (Å²) in [6.07, 6.45) is 0. The van der Waals surface area contributed by atoms with Gasteiger partial charge in [0.2, 0.25) is 0 Å². The van der Waals surface area contributed by atoms with Gasteiger partial charge < -0.3 is 14.4 Å². The lowest BCUT2D eigenvalue weighted by Crippen LogP contribution is -1.96. The lowest BCUT2D eigenvalue weighted by atomic mass is 10.3.